The molecule has 0 spiro atoms. The van der Waals surface area contributed by atoms with Crippen molar-refractivity contribution in [3.8, 4) is 0 Å². The highest BCUT2D eigenvalue weighted by atomic mass is 15.2. The van der Waals surface area contributed by atoms with Gasteiger partial charge in [0.05, 0.1) is 5.69 Å². The number of rotatable bonds is 3. The van der Waals surface area contributed by atoms with Gasteiger partial charge in [-0.1, -0.05) is 36.4 Å². The minimum atomic E-state index is 0.306. The van der Waals surface area contributed by atoms with Crippen LogP contribution in [0.25, 0.3) is 5.57 Å². The first kappa shape index (κ1) is 15.1. The maximum Gasteiger partial charge on any atom is 0.222 e. The summed E-state index contributed by atoms with van der Waals surface area (Å²) in [4.78, 5) is 11.1. The van der Waals surface area contributed by atoms with Gasteiger partial charge < -0.3 is 16.4 Å². The standard InChI is InChI=1S/C19H23N5/c20-16-10-15(11-16)17-12-18(23-19(21)22-17)24-8-6-14(7-9-24)13-4-2-1-3-5-13/h1-6,12,15-16H,7-11,20H2,(H2,21,22,23). The number of hydrogen-bond donors (Lipinski definition) is 2. The van der Waals surface area contributed by atoms with E-state index in [9.17, 15) is 0 Å². The van der Waals surface area contributed by atoms with Crippen LogP contribution in [-0.4, -0.2) is 29.1 Å². The van der Waals surface area contributed by atoms with E-state index in [1.807, 2.05) is 0 Å². The fourth-order valence-corrected chi connectivity index (χ4v) is 3.54. The molecular formula is C19H23N5. The highest BCUT2D eigenvalue weighted by Gasteiger charge is 2.29. The van der Waals surface area contributed by atoms with Crippen molar-refractivity contribution in [3.63, 3.8) is 0 Å². The molecule has 1 aliphatic carbocycles. The van der Waals surface area contributed by atoms with E-state index in [1.165, 1.54) is 11.1 Å². The molecule has 2 heterocycles. The van der Waals surface area contributed by atoms with E-state index in [1.54, 1.807) is 0 Å². The van der Waals surface area contributed by atoms with Crippen molar-refractivity contribution in [1.82, 2.24) is 9.97 Å². The zero-order valence-corrected chi connectivity index (χ0v) is 13.7. The lowest BCUT2D eigenvalue weighted by Crippen LogP contribution is -2.35. The molecule has 1 aliphatic heterocycles. The van der Waals surface area contributed by atoms with Crippen LogP contribution in [0.1, 0.15) is 36.4 Å². The van der Waals surface area contributed by atoms with Gasteiger partial charge in [-0.25, -0.2) is 4.98 Å². The molecular weight excluding hydrogens is 298 g/mol. The molecule has 2 aliphatic rings. The Bertz CT molecular complexity index is 750. The minimum absolute atomic E-state index is 0.306. The molecule has 1 fully saturated rings. The largest absolute Gasteiger partial charge is 0.368 e. The Hall–Kier alpha value is -2.40. The smallest absolute Gasteiger partial charge is 0.222 e. The maximum absolute atomic E-state index is 5.94. The SMILES string of the molecule is Nc1nc(C2CC(N)C2)cc(N2CC=C(c3ccccc3)CC2)n1. The molecule has 0 amide bonds. The Balaban J connectivity index is 1.52. The first-order valence-corrected chi connectivity index (χ1v) is 8.58. The van der Waals surface area contributed by atoms with Crippen LogP contribution in [-0.2, 0) is 0 Å². The quantitative estimate of drug-likeness (QED) is 0.908. The molecule has 1 aromatic heterocycles. The van der Waals surface area contributed by atoms with Gasteiger partial charge >= 0.3 is 0 Å². The Labute approximate surface area is 142 Å². The van der Waals surface area contributed by atoms with Crippen LogP contribution in [0.2, 0.25) is 0 Å². The van der Waals surface area contributed by atoms with Crippen LogP contribution in [0.5, 0.6) is 0 Å². The Morgan fingerprint density at radius 3 is 2.54 bits per heavy atom. The zero-order valence-electron chi connectivity index (χ0n) is 13.7. The lowest BCUT2D eigenvalue weighted by Gasteiger charge is -2.33. The molecule has 5 heteroatoms. The van der Waals surface area contributed by atoms with Crippen LogP contribution in [0, 0.1) is 0 Å². The predicted octanol–water partition coefficient (Wildman–Crippen LogP) is 2.56. The molecule has 0 atom stereocenters. The van der Waals surface area contributed by atoms with Gasteiger partial charge in [-0.3, -0.25) is 0 Å². The summed E-state index contributed by atoms with van der Waals surface area (Å²) in [6, 6.07) is 13.0. The van der Waals surface area contributed by atoms with Crippen LogP contribution in [0.15, 0.2) is 42.5 Å². The van der Waals surface area contributed by atoms with E-state index in [0.717, 1.165) is 43.9 Å². The summed E-state index contributed by atoms with van der Waals surface area (Å²) in [6.45, 7) is 1.80. The summed E-state index contributed by atoms with van der Waals surface area (Å²) < 4.78 is 0. The number of nitrogens with two attached hydrogens (primary N) is 2. The molecule has 5 nitrogen and oxygen atoms in total. The second-order valence-corrected chi connectivity index (χ2v) is 6.73. The molecule has 0 radical (unpaired) electrons. The van der Waals surface area contributed by atoms with Gasteiger partial charge in [0.25, 0.3) is 0 Å². The van der Waals surface area contributed by atoms with Gasteiger partial charge in [0.2, 0.25) is 5.95 Å². The van der Waals surface area contributed by atoms with E-state index in [0.29, 0.717) is 17.9 Å². The molecule has 4 rings (SSSR count). The Morgan fingerprint density at radius 1 is 1.08 bits per heavy atom. The number of anilines is 2. The summed E-state index contributed by atoms with van der Waals surface area (Å²) >= 11 is 0. The third-order valence-corrected chi connectivity index (χ3v) is 5.02. The lowest BCUT2D eigenvalue weighted by atomic mass is 9.78. The average molecular weight is 321 g/mol. The van der Waals surface area contributed by atoms with Crippen LogP contribution >= 0.6 is 0 Å². The van der Waals surface area contributed by atoms with Gasteiger partial charge in [0.1, 0.15) is 5.82 Å². The second kappa shape index (κ2) is 6.24. The molecule has 0 saturated heterocycles. The minimum Gasteiger partial charge on any atom is -0.368 e. The highest BCUT2D eigenvalue weighted by molar-refractivity contribution is 5.68. The first-order chi connectivity index (χ1) is 11.7. The van der Waals surface area contributed by atoms with Gasteiger partial charge in [0.15, 0.2) is 0 Å². The van der Waals surface area contributed by atoms with Crippen molar-refractivity contribution in [2.45, 2.75) is 31.2 Å². The topological polar surface area (TPSA) is 81.1 Å². The number of aromatic nitrogens is 2. The van der Waals surface area contributed by atoms with E-state index in [4.69, 9.17) is 11.5 Å². The molecule has 124 valence electrons. The molecule has 4 N–H and O–H groups in total. The molecule has 24 heavy (non-hydrogen) atoms. The fraction of sp³-hybridized carbons (Fsp3) is 0.368. The molecule has 0 unspecified atom stereocenters. The van der Waals surface area contributed by atoms with E-state index < -0.39 is 0 Å². The zero-order chi connectivity index (χ0) is 16.5. The number of benzene rings is 1. The molecule has 1 saturated carbocycles. The highest BCUT2D eigenvalue weighted by Crippen LogP contribution is 2.36. The molecule has 0 bridgehead atoms. The monoisotopic (exact) mass is 321 g/mol. The summed E-state index contributed by atoms with van der Waals surface area (Å²) in [7, 11) is 0. The first-order valence-electron chi connectivity index (χ1n) is 8.58. The summed E-state index contributed by atoms with van der Waals surface area (Å²) in [5, 5.41) is 0. The number of nitrogen functional groups attached to an aromatic ring is 1. The van der Waals surface area contributed by atoms with Crippen molar-refractivity contribution in [2.75, 3.05) is 23.7 Å². The summed E-state index contributed by atoms with van der Waals surface area (Å²) in [5.74, 6) is 1.73. The third kappa shape index (κ3) is 2.99. The van der Waals surface area contributed by atoms with E-state index >= 15 is 0 Å². The van der Waals surface area contributed by atoms with Gasteiger partial charge in [-0.15, -0.1) is 0 Å². The Kier molecular flexibility index (Phi) is 3.94. The average Bonchev–Trinajstić information content (AvgIpc) is 2.59. The summed E-state index contributed by atoms with van der Waals surface area (Å²) in [5.41, 5.74) is 15.6. The normalized spacial score (nSPS) is 23.5. The van der Waals surface area contributed by atoms with E-state index in [-0.39, 0.29) is 0 Å². The van der Waals surface area contributed by atoms with Crippen LogP contribution < -0.4 is 16.4 Å². The van der Waals surface area contributed by atoms with Crippen molar-refractivity contribution >= 4 is 17.3 Å². The van der Waals surface area contributed by atoms with Crippen LogP contribution in [0.4, 0.5) is 11.8 Å². The van der Waals surface area contributed by atoms with Gasteiger partial charge in [0, 0.05) is 31.1 Å². The third-order valence-electron chi connectivity index (χ3n) is 5.02. The number of hydrogen-bond acceptors (Lipinski definition) is 5. The van der Waals surface area contributed by atoms with Crippen LogP contribution in [0.3, 0.4) is 0 Å². The molecule has 1 aromatic carbocycles. The van der Waals surface area contributed by atoms with Crippen molar-refractivity contribution in [2.24, 2.45) is 5.73 Å². The maximum atomic E-state index is 5.94. The van der Waals surface area contributed by atoms with Gasteiger partial charge in [-0.05, 0) is 30.4 Å². The van der Waals surface area contributed by atoms with Crippen molar-refractivity contribution in [1.29, 1.82) is 0 Å². The Morgan fingerprint density at radius 2 is 1.88 bits per heavy atom. The fourth-order valence-electron chi connectivity index (χ4n) is 3.54. The summed E-state index contributed by atoms with van der Waals surface area (Å²) in [6.07, 6.45) is 5.29. The lowest BCUT2D eigenvalue weighted by molar-refractivity contribution is 0.345. The van der Waals surface area contributed by atoms with Gasteiger partial charge in [-0.2, -0.15) is 4.98 Å². The second-order valence-electron chi connectivity index (χ2n) is 6.73. The van der Waals surface area contributed by atoms with Crippen molar-refractivity contribution in [3.05, 3.63) is 53.7 Å². The predicted molar refractivity (Wildman–Crippen MR) is 97.6 cm³/mol. The number of nitrogens with zero attached hydrogens (tertiary/aromatic N) is 3. The van der Waals surface area contributed by atoms with E-state index in [2.05, 4.69) is 57.3 Å². The molecule has 2 aromatic rings. The van der Waals surface area contributed by atoms with Crippen molar-refractivity contribution < 1.29 is 0 Å².